The van der Waals surface area contributed by atoms with Gasteiger partial charge in [0.2, 0.25) is 10.0 Å². The Morgan fingerprint density at radius 1 is 1.00 bits per heavy atom. The third kappa shape index (κ3) is 3.99. The van der Waals surface area contributed by atoms with Crippen LogP contribution in [0.25, 0.3) is 16.8 Å². The number of hydrogen-bond donors (Lipinski definition) is 1. The number of Topliss-reactive ketones (excluding diaryl/α,β-unsaturated/α-hetero) is 1. The Kier molecular flexibility index (Phi) is 5.31. The second-order valence-electron chi connectivity index (χ2n) is 8.81. The molecule has 0 aliphatic heterocycles. The molecule has 1 aliphatic carbocycles. The Hall–Kier alpha value is -3.61. The number of ketones is 1. The van der Waals surface area contributed by atoms with Gasteiger partial charge in [0, 0.05) is 28.9 Å². The third-order valence-electron chi connectivity index (χ3n) is 5.71. The molecule has 1 heterocycles. The molecule has 1 aromatic heterocycles. The molecule has 0 bridgehead atoms. The highest BCUT2D eigenvalue weighted by molar-refractivity contribution is 7.89. The van der Waals surface area contributed by atoms with Gasteiger partial charge in [0.05, 0.1) is 4.90 Å². The van der Waals surface area contributed by atoms with Crippen LogP contribution in [-0.2, 0) is 16.4 Å². The smallest absolute Gasteiger partial charge is 0.273 e. The third-order valence-corrected chi connectivity index (χ3v) is 6.64. The van der Waals surface area contributed by atoms with Gasteiger partial charge in [0.15, 0.2) is 5.78 Å². The molecule has 2 aromatic carbocycles. The lowest BCUT2D eigenvalue weighted by molar-refractivity contribution is 0.0909. The van der Waals surface area contributed by atoms with Crippen LogP contribution in [-0.4, -0.2) is 18.8 Å². The largest absolute Gasteiger partial charge is 0.294 e. The summed E-state index contributed by atoms with van der Waals surface area (Å²) in [4.78, 5) is 26.7. The molecule has 0 saturated heterocycles. The Balaban J connectivity index is 2.10. The lowest BCUT2D eigenvalue weighted by Gasteiger charge is -2.33. The van der Waals surface area contributed by atoms with E-state index in [0.29, 0.717) is 23.4 Å². The molecule has 1 aliphatic rings. The number of aromatic nitrogens is 1. The van der Waals surface area contributed by atoms with Crippen LogP contribution in [0.2, 0.25) is 0 Å². The van der Waals surface area contributed by atoms with Crippen LogP contribution in [0.1, 0.15) is 41.9 Å². The molecule has 0 amide bonds. The van der Waals surface area contributed by atoms with Crippen molar-refractivity contribution < 1.29 is 17.6 Å². The number of nitriles is 1. The number of pyridine rings is 1. The van der Waals surface area contributed by atoms with Gasteiger partial charge in [0.25, 0.3) is 5.56 Å². The van der Waals surface area contributed by atoms with Crippen LogP contribution in [0.5, 0.6) is 0 Å². The van der Waals surface area contributed by atoms with Crippen molar-refractivity contribution in [1.82, 2.24) is 4.57 Å². The van der Waals surface area contributed by atoms with Gasteiger partial charge < -0.3 is 0 Å². The number of hydrogen-bond acceptors (Lipinski definition) is 5. The van der Waals surface area contributed by atoms with E-state index >= 15 is 0 Å². The molecule has 3 aromatic rings. The van der Waals surface area contributed by atoms with Gasteiger partial charge in [-0.15, -0.1) is 0 Å². The number of primary sulfonamides is 1. The molecule has 0 atom stereocenters. The summed E-state index contributed by atoms with van der Waals surface area (Å²) in [6.45, 7) is 3.81. The van der Waals surface area contributed by atoms with E-state index in [1.54, 1.807) is 0 Å². The minimum absolute atomic E-state index is 0.131. The summed E-state index contributed by atoms with van der Waals surface area (Å²) in [5, 5.41) is 15.1. The molecule has 9 heteroatoms. The first kappa shape index (κ1) is 22.6. The second-order valence-corrected chi connectivity index (χ2v) is 10.4. The topological polar surface area (TPSA) is 123 Å². The molecule has 2 N–H and O–H groups in total. The fourth-order valence-electron chi connectivity index (χ4n) is 4.30. The number of carbonyl (C=O) groups is 1. The first-order valence-electron chi connectivity index (χ1n) is 10.1. The number of benzene rings is 2. The van der Waals surface area contributed by atoms with Crippen molar-refractivity contribution in [2.75, 3.05) is 0 Å². The van der Waals surface area contributed by atoms with Crippen LogP contribution in [0.3, 0.4) is 0 Å². The normalized spacial score (nSPS) is 15.1. The zero-order valence-electron chi connectivity index (χ0n) is 17.9. The van der Waals surface area contributed by atoms with Crippen molar-refractivity contribution in [3.05, 3.63) is 81.5 Å². The standard InChI is InChI=1S/C24H20FN3O4S/c1-24(2)11-19-22(20(29)12-24)21(14-3-5-15(25)6-4-14)18(13-26)23(30)28(19)16-7-9-17(10-8-16)33(27,31)32/h3-10H,11-12H2,1-2H3,(H2,27,31,32). The van der Waals surface area contributed by atoms with Crippen LogP contribution >= 0.6 is 0 Å². The predicted molar refractivity (Wildman–Crippen MR) is 120 cm³/mol. The Morgan fingerprint density at radius 3 is 2.15 bits per heavy atom. The first-order valence-corrected chi connectivity index (χ1v) is 11.6. The van der Waals surface area contributed by atoms with E-state index in [0.717, 1.165) is 0 Å². The van der Waals surface area contributed by atoms with Gasteiger partial charge in [-0.05, 0) is 53.8 Å². The zero-order chi connectivity index (χ0) is 24.1. The highest BCUT2D eigenvalue weighted by Crippen LogP contribution is 2.40. The number of carbonyl (C=O) groups excluding carboxylic acids is 1. The molecular formula is C24H20FN3O4S. The predicted octanol–water partition coefficient (Wildman–Crippen LogP) is 3.32. The van der Waals surface area contributed by atoms with E-state index in [2.05, 4.69) is 0 Å². The lowest BCUT2D eigenvalue weighted by atomic mass is 9.73. The minimum Gasteiger partial charge on any atom is -0.294 e. The summed E-state index contributed by atoms with van der Waals surface area (Å²) >= 11 is 0. The van der Waals surface area contributed by atoms with Crippen LogP contribution in [0.4, 0.5) is 4.39 Å². The molecule has 4 rings (SSSR count). The molecule has 33 heavy (non-hydrogen) atoms. The van der Waals surface area contributed by atoms with Crippen molar-refractivity contribution >= 4 is 15.8 Å². The number of nitrogens with two attached hydrogens (primary N) is 1. The van der Waals surface area contributed by atoms with E-state index < -0.39 is 26.8 Å². The number of fused-ring (bicyclic) bond motifs is 1. The zero-order valence-corrected chi connectivity index (χ0v) is 18.7. The monoisotopic (exact) mass is 465 g/mol. The van der Waals surface area contributed by atoms with E-state index in [4.69, 9.17) is 5.14 Å². The maximum Gasteiger partial charge on any atom is 0.273 e. The van der Waals surface area contributed by atoms with Crippen LogP contribution in [0, 0.1) is 22.6 Å². The van der Waals surface area contributed by atoms with Gasteiger partial charge in [-0.25, -0.2) is 17.9 Å². The summed E-state index contributed by atoms with van der Waals surface area (Å²) in [5.41, 5.74) is 0.203. The van der Waals surface area contributed by atoms with Crippen molar-refractivity contribution in [2.24, 2.45) is 10.6 Å². The van der Waals surface area contributed by atoms with Gasteiger partial charge in [-0.1, -0.05) is 26.0 Å². The number of sulfonamides is 1. The summed E-state index contributed by atoms with van der Waals surface area (Å²) in [6, 6.07) is 12.5. The van der Waals surface area contributed by atoms with Crippen molar-refractivity contribution in [1.29, 1.82) is 5.26 Å². The summed E-state index contributed by atoms with van der Waals surface area (Å²) in [6.07, 6.45) is 0.571. The number of nitrogens with zero attached hydrogens (tertiary/aromatic N) is 2. The molecule has 0 fully saturated rings. The van der Waals surface area contributed by atoms with E-state index in [-0.39, 0.29) is 33.8 Å². The quantitative estimate of drug-likeness (QED) is 0.636. The Morgan fingerprint density at radius 2 is 1.61 bits per heavy atom. The SMILES string of the molecule is CC1(C)CC(=O)c2c(-c3ccc(F)cc3)c(C#N)c(=O)n(-c3ccc(S(N)(=O)=O)cc3)c2C1. The number of halogens is 1. The maximum atomic E-state index is 13.5. The molecule has 0 unspecified atom stereocenters. The Labute approximate surface area is 190 Å². The Bertz CT molecular complexity index is 1500. The van der Waals surface area contributed by atoms with Gasteiger partial charge in [-0.2, -0.15) is 5.26 Å². The fraction of sp³-hybridized carbons (Fsp3) is 0.208. The van der Waals surface area contributed by atoms with Crippen LogP contribution in [0.15, 0.2) is 58.2 Å². The second kappa shape index (κ2) is 7.76. The fourth-order valence-corrected chi connectivity index (χ4v) is 4.81. The lowest BCUT2D eigenvalue weighted by Crippen LogP contribution is -2.36. The average molecular weight is 466 g/mol. The van der Waals surface area contributed by atoms with Gasteiger partial charge in [-0.3, -0.25) is 14.2 Å². The highest BCUT2D eigenvalue weighted by Gasteiger charge is 2.37. The molecule has 168 valence electrons. The van der Waals surface area contributed by atoms with Crippen molar-refractivity contribution in [3.8, 4) is 22.9 Å². The minimum atomic E-state index is -3.94. The molecule has 0 saturated carbocycles. The molecule has 0 radical (unpaired) electrons. The highest BCUT2D eigenvalue weighted by atomic mass is 32.2. The molecule has 0 spiro atoms. The van der Waals surface area contributed by atoms with Gasteiger partial charge in [0.1, 0.15) is 17.4 Å². The van der Waals surface area contributed by atoms with Crippen molar-refractivity contribution in [3.63, 3.8) is 0 Å². The number of rotatable bonds is 3. The summed E-state index contributed by atoms with van der Waals surface area (Å²) in [7, 11) is -3.94. The van der Waals surface area contributed by atoms with E-state index in [1.807, 2.05) is 19.9 Å². The van der Waals surface area contributed by atoms with Gasteiger partial charge >= 0.3 is 0 Å². The van der Waals surface area contributed by atoms with E-state index in [1.165, 1.54) is 53.1 Å². The average Bonchev–Trinajstić information content (AvgIpc) is 2.72. The molecule has 7 nitrogen and oxygen atoms in total. The van der Waals surface area contributed by atoms with Crippen LogP contribution < -0.4 is 10.7 Å². The maximum absolute atomic E-state index is 13.5. The summed E-state index contributed by atoms with van der Waals surface area (Å²) in [5.74, 6) is -0.714. The van der Waals surface area contributed by atoms with Crippen molar-refractivity contribution in [2.45, 2.75) is 31.6 Å². The molecular weight excluding hydrogens is 445 g/mol. The summed E-state index contributed by atoms with van der Waals surface area (Å²) < 4.78 is 38.1. The van der Waals surface area contributed by atoms with E-state index in [9.17, 15) is 27.7 Å². The first-order chi connectivity index (χ1) is 15.4.